The van der Waals surface area contributed by atoms with Crippen molar-refractivity contribution >= 4 is 5.78 Å². The van der Waals surface area contributed by atoms with Crippen LogP contribution in [0.1, 0.15) is 48.2 Å². The fourth-order valence-corrected chi connectivity index (χ4v) is 3.08. The van der Waals surface area contributed by atoms with Crippen LogP contribution in [0, 0.1) is 0 Å². The van der Waals surface area contributed by atoms with Gasteiger partial charge >= 0.3 is 0 Å². The van der Waals surface area contributed by atoms with Gasteiger partial charge in [0.1, 0.15) is 28.4 Å². The average molecular weight is 326 g/mol. The maximum absolute atomic E-state index is 12.7. The zero-order chi connectivity index (χ0) is 17.3. The average Bonchev–Trinajstić information content (AvgIpc) is 2.52. The Kier molecular flexibility index (Phi) is 4.22. The molecule has 24 heavy (non-hydrogen) atoms. The van der Waals surface area contributed by atoms with Crippen molar-refractivity contribution in [3.63, 3.8) is 0 Å². The van der Waals surface area contributed by atoms with Gasteiger partial charge in [0, 0.05) is 18.1 Å². The van der Waals surface area contributed by atoms with Crippen LogP contribution in [0.3, 0.4) is 0 Å². The summed E-state index contributed by atoms with van der Waals surface area (Å²) in [5.41, 5.74) is 1.43. The molecular formula is C20H22O4. The molecule has 4 nitrogen and oxygen atoms in total. The molecule has 2 aromatic carbocycles. The molecule has 0 radical (unpaired) electrons. The molecule has 0 saturated carbocycles. The third-order valence-corrected chi connectivity index (χ3v) is 4.46. The quantitative estimate of drug-likeness (QED) is 0.833. The summed E-state index contributed by atoms with van der Waals surface area (Å²) in [7, 11) is 0. The Morgan fingerprint density at radius 1 is 1.17 bits per heavy atom. The Morgan fingerprint density at radius 3 is 2.58 bits per heavy atom. The number of ketones is 1. The summed E-state index contributed by atoms with van der Waals surface area (Å²) in [5, 5.41) is 20.3. The number of aromatic hydroxyl groups is 2. The SMILES string of the molecule is CC1(C)CCc2c(O)cc(O)c(C(=O)CCc3ccccc3)c2O1. The minimum atomic E-state index is -0.429. The molecule has 1 aliphatic heterocycles. The molecule has 2 aromatic rings. The van der Waals surface area contributed by atoms with Crippen LogP contribution in [0.25, 0.3) is 0 Å². The molecule has 1 aliphatic rings. The molecule has 2 N–H and O–H groups in total. The van der Waals surface area contributed by atoms with Gasteiger partial charge in [0.15, 0.2) is 5.78 Å². The van der Waals surface area contributed by atoms with Gasteiger partial charge in [-0.2, -0.15) is 0 Å². The Bertz CT molecular complexity index is 763. The standard InChI is InChI=1S/C20H22O4/c1-20(2)11-10-14-16(22)12-17(23)18(19(14)24-20)15(21)9-8-13-6-4-3-5-7-13/h3-7,12,22-23H,8-11H2,1-2H3. The lowest BCUT2D eigenvalue weighted by atomic mass is 9.90. The second kappa shape index (κ2) is 6.19. The first-order valence-electron chi connectivity index (χ1n) is 8.21. The molecule has 0 unspecified atom stereocenters. The van der Waals surface area contributed by atoms with E-state index >= 15 is 0 Å². The maximum atomic E-state index is 12.7. The van der Waals surface area contributed by atoms with Crippen LogP contribution in [0.15, 0.2) is 36.4 Å². The number of benzene rings is 2. The second-order valence-electron chi connectivity index (χ2n) is 6.87. The smallest absolute Gasteiger partial charge is 0.170 e. The van der Waals surface area contributed by atoms with Crippen LogP contribution in [0.4, 0.5) is 0 Å². The molecule has 0 bridgehead atoms. The van der Waals surface area contributed by atoms with Gasteiger partial charge in [0.25, 0.3) is 0 Å². The van der Waals surface area contributed by atoms with Crippen molar-refractivity contribution in [3.05, 3.63) is 53.1 Å². The van der Waals surface area contributed by atoms with E-state index in [1.807, 2.05) is 44.2 Å². The zero-order valence-electron chi connectivity index (χ0n) is 14.0. The van der Waals surface area contributed by atoms with Crippen LogP contribution in [-0.2, 0) is 12.8 Å². The third-order valence-electron chi connectivity index (χ3n) is 4.46. The molecule has 0 fully saturated rings. The summed E-state index contributed by atoms with van der Waals surface area (Å²) >= 11 is 0. The number of carbonyl (C=O) groups excluding carboxylic acids is 1. The van der Waals surface area contributed by atoms with E-state index in [1.165, 1.54) is 6.07 Å². The molecule has 0 spiro atoms. The van der Waals surface area contributed by atoms with Crippen LogP contribution in [0.2, 0.25) is 0 Å². The molecule has 0 amide bonds. The number of phenolic OH excluding ortho intramolecular Hbond substituents is 2. The van der Waals surface area contributed by atoms with Gasteiger partial charge in [-0.1, -0.05) is 30.3 Å². The molecule has 4 heteroatoms. The predicted molar refractivity (Wildman–Crippen MR) is 91.9 cm³/mol. The molecule has 0 atom stereocenters. The molecule has 0 saturated heterocycles. The van der Waals surface area contributed by atoms with Crippen LogP contribution < -0.4 is 4.74 Å². The number of hydrogen-bond donors (Lipinski definition) is 2. The minimum absolute atomic E-state index is 0.0161. The number of ether oxygens (including phenoxy) is 1. The summed E-state index contributed by atoms with van der Waals surface area (Å²) in [6.45, 7) is 3.88. The lowest BCUT2D eigenvalue weighted by Gasteiger charge is -2.34. The molecule has 0 aliphatic carbocycles. The topological polar surface area (TPSA) is 66.8 Å². The highest BCUT2D eigenvalue weighted by Crippen LogP contribution is 2.44. The van der Waals surface area contributed by atoms with E-state index < -0.39 is 5.60 Å². The Morgan fingerprint density at radius 2 is 1.88 bits per heavy atom. The zero-order valence-corrected chi connectivity index (χ0v) is 14.0. The van der Waals surface area contributed by atoms with Crippen molar-refractivity contribution in [1.82, 2.24) is 0 Å². The van der Waals surface area contributed by atoms with Crippen LogP contribution in [0.5, 0.6) is 17.2 Å². The van der Waals surface area contributed by atoms with Gasteiger partial charge in [-0.15, -0.1) is 0 Å². The highest BCUT2D eigenvalue weighted by atomic mass is 16.5. The van der Waals surface area contributed by atoms with Crippen molar-refractivity contribution in [2.24, 2.45) is 0 Å². The van der Waals surface area contributed by atoms with E-state index in [2.05, 4.69) is 0 Å². The Labute approximate surface area is 141 Å². The van der Waals surface area contributed by atoms with Crippen LogP contribution >= 0.6 is 0 Å². The first kappa shape index (κ1) is 16.4. The molecule has 126 valence electrons. The van der Waals surface area contributed by atoms with Gasteiger partial charge in [-0.3, -0.25) is 4.79 Å². The Balaban J connectivity index is 1.91. The van der Waals surface area contributed by atoms with Gasteiger partial charge in [-0.25, -0.2) is 0 Å². The summed E-state index contributed by atoms with van der Waals surface area (Å²) in [6, 6.07) is 11.0. The van der Waals surface area contributed by atoms with E-state index in [0.29, 0.717) is 24.2 Å². The highest BCUT2D eigenvalue weighted by molar-refractivity contribution is 6.02. The van der Waals surface area contributed by atoms with Crippen molar-refractivity contribution in [2.75, 3.05) is 0 Å². The summed E-state index contributed by atoms with van der Waals surface area (Å²) in [5.74, 6) is -0.0771. The predicted octanol–water partition coefficient (Wildman–Crippen LogP) is 4.02. The number of hydrogen-bond acceptors (Lipinski definition) is 4. The first-order valence-corrected chi connectivity index (χ1v) is 8.21. The molecule has 3 rings (SSSR count). The van der Waals surface area contributed by atoms with Gasteiger partial charge in [0.2, 0.25) is 0 Å². The summed E-state index contributed by atoms with van der Waals surface area (Å²) in [6.07, 6.45) is 2.24. The lowest BCUT2D eigenvalue weighted by Crippen LogP contribution is -2.33. The number of carbonyl (C=O) groups is 1. The summed E-state index contributed by atoms with van der Waals surface area (Å²) in [4.78, 5) is 12.7. The number of Topliss-reactive ketones (excluding diaryl/α,β-unsaturated/α-hetero) is 1. The fraction of sp³-hybridized carbons (Fsp3) is 0.350. The first-order chi connectivity index (χ1) is 11.4. The van der Waals surface area contributed by atoms with Crippen molar-refractivity contribution in [2.45, 2.75) is 45.1 Å². The van der Waals surface area contributed by atoms with E-state index in [1.54, 1.807) is 0 Å². The summed E-state index contributed by atoms with van der Waals surface area (Å²) < 4.78 is 5.94. The highest BCUT2D eigenvalue weighted by Gasteiger charge is 2.33. The maximum Gasteiger partial charge on any atom is 0.170 e. The van der Waals surface area contributed by atoms with Crippen molar-refractivity contribution < 1.29 is 19.7 Å². The largest absolute Gasteiger partial charge is 0.507 e. The monoisotopic (exact) mass is 326 g/mol. The number of fused-ring (bicyclic) bond motifs is 1. The fourth-order valence-electron chi connectivity index (χ4n) is 3.08. The number of phenols is 2. The van der Waals surface area contributed by atoms with E-state index in [0.717, 1.165) is 12.0 Å². The minimum Gasteiger partial charge on any atom is -0.507 e. The van der Waals surface area contributed by atoms with Gasteiger partial charge < -0.3 is 14.9 Å². The van der Waals surface area contributed by atoms with Gasteiger partial charge in [0.05, 0.1) is 0 Å². The number of aryl methyl sites for hydroxylation is 1. The number of rotatable bonds is 4. The Hall–Kier alpha value is -2.49. The molecule has 1 heterocycles. The lowest BCUT2D eigenvalue weighted by molar-refractivity contribution is 0.0789. The van der Waals surface area contributed by atoms with Crippen molar-refractivity contribution in [1.29, 1.82) is 0 Å². The van der Waals surface area contributed by atoms with Crippen molar-refractivity contribution in [3.8, 4) is 17.2 Å². The van der Waals surface area contributed by atoms with E-state index in [9.17, 15) is 15.0 Å². The molecular weight excluding hydrogens is 304 g/mol. The van der Waals surface area contributed by atoms with Crippen LogP contribution in [-0.4, -0.2) is 21.6 Å². The molecule has 0 aromatic heterocycles. The van der Waals surface area contributed by atoms with Gasteiger partial charge in [-0.05, 0) is 38.7 Å². The second-order valence-corrected chi connectivity index (χ2v) is 6.87. The normalized spacial score (nSPS) is 15.4. The van der Waals surface area contributed by atoms with E-state index in [4.69, 9.17) is 4.74 Å². The third kappa shape index (κ3) is 3.23. The van der Waals surface area contributed by atoms with E-state index in [-0.39, 0.29) is 29.3 Å².